The second-order valence-corrected chi connectivity index (χ2v) is 2.94. The van der Waals surface area contributed by atoms with Crippen molar-refractivity contribution in [2.75, 3.05) is 12.4 Å². The number of benzene rings is 1. The molecule has 0 saturated carbocycles. The molecule has 4 heteroatoms. The van der Waals surface area contributed by atoms with Crippen LogP contribution in [0.5, 0.6) is 0 Å². The zero-order valence-electron chi connectivity index (χ0n) is 7.73. The highest BCUT2D eigenvalue weighted by Crippen LogP contribution is 2.27. The Kier molecular flexibility index (Phi) is 2.18. The Morgan fingerprint density at radius 1 is 1.50 bits per heavy atom. The number of aliphatic imine (C=N–C) groups is 1. The summed E-state index contributed by atoms with van der Waals surface area (Å²) in [7, 11) is 1.36. The first-order chi connectivity index (χ1) is 6.81. The predicted molar refractivity (Wildman–Crippen MR) is 54.0 cm³/mol. The number of para-hydroxylation sites is 2. The van der Waals surface area contributed by atoms with Gasteiger partial charge in [0, 0.05) is 6.21 Å². The summed E-state index contributed by atoms with van der Waals surface area (Å²) in [4.78, 5) is 15.4. The van der Waals surface area contributed by atoms with E-state index in [0.717, 1.165) is 11.4 Å². The normalized spacial score (nSPS) is 18.2. The van der Waals surface area contributed by atoms with Gasteiger partial charge in [-0.2, -0.15) is 0 Å². The van der Waals surface area contributed by atoms with E-state index in [0.29, 0.717) is 0 Å². The smallest absolute Gasteiger partial charge is 0.333 e. The average Bonchev–Trinajstić information content (AvgIpc) is 2.27. The van der Waals surface area contributed by atoms with Crippen molar-refractivity contribution in [3.05, 3.63) is 24.3 Å². The fourth-order valence-corrected chi connectivity index (χ4v) is 1.31. The lowest BCUT2D eigenvalue weighted by molar-refractivity contribution is -0.139. The zero-order valence-corrected chi connectivity index (χ0v) is 7.73. The van der Waals surface area contributed by atoms with Gasteiger partial charge in [0.25, 0.3) is 0 Å². The summed E-state index contributed by atoms with van der Waals surface area (Å²) in [6, 6.07) is 7.07. The molecule has 1 aromatic carbocycles. The first-order valence-electron chi connectivity index (χ1n) is 4.29. The molecular formula is C10H10N2O2. The molecule has 1 unspecified atom stereocenters. The molecule has 72 valence electrons. The summed E-state index contributed by atoms with van der Waals surface area (Å²) in [5, 5.41) is 3.02. The van der Waals surface area contributed by atoms with Crippen molar-refractivity contribution in [3.8, 4) is 0 Å². The molecule has 1 N–H and O–H groups in total. The average molecular weight is 190 g/mol. The monoisotopic (exact) mass is 190 g/mol. The molecule has 1 aromatic rings. The third kappa shape index (κ3) is 1.46. The van der Waals surface area contributed by atoms with E-state index < -0.39 is 6.04 Å². The molecule has 0 fully saturated rings. The number of methoxy groups -OCH3 is 1. The second kappa shape index (κ2) is 3.49. The highest BCUT2D eigenvalue weighted by atomic mass is 16.5. The second-order valence-electron chi connectivity index (χ2n) is 2.94. The van der Waals surface area contributed by atoms with Gasteiger partial charge < -0.3 is 10.1 Å². The highest BCUT2D eigenvalue weighted by molar-refractivity contribution is 6.01. The quantitative estimate of drug-likeness (QED) is 0.680. The third-order valence-corrected chi connectivity index (χ3v) is 2.03. The number of nitrogens with zero attached hydrogens (tertiary/aromatic N) is 1. The first kappa shape index (κ1) is 8.74. The Morgan fingerprint density at radius 3 is 3.07 bits per heavy atom. The van der Waals surface area contributed by atoms with Crippen LogP contribution in [0.15, 0.2) is 29.3 Å². The molecule has 1 aliphatic heterocycles. The molecule has 14 heavy (non-hydrogen) atoms. The third-order valence-electron chi connectivity index (χ3n) is 2.03. The van der Waals surface area contributed by atoms with Gasteiger partial charge in [0.1, 0.15) is 0 Å². The maximum absolute atomic E-state index is 11.2. The highest BCUT2D eigenvalue weighted by Gasteiger charge is 2.20. The molecule has 4 nitrogen and oxygen atoms in total. The summed E-state index contributed by atoms with van der Waals surface area (Å²) >= 11 is 0. The SMILES string of the molecule is COC(=O)C1C=Nc2ccccc2N1. The Hall–Kier alpha value is -1.84. The number of nitrogens with one attached hydrogen (secondary N) is 1. The van der Waals surface area contributed by atoms with E-state index in [1.165, 1.54) is 7.11 Å². The Bertz CT molecular complexity index is 387. The number of esters is 1. The van der Waals surface area contributed by atoms with Crippen LogP contribution in [0.3, 0.4) is 0 Å². The van der Waals surface area contributed by atoms with Gasteiger partial charge in [-0.05, 0) is 12.1 Å². The maximum atomic E-state index is 11.2. The number of carbonyl (C=O) groups excluding carboxylic acids is 1. The summed E-state index contributed by atoms with van der Waals surface area (Å²) in [6.45, 7) is 0. The van der Waals surface area contributed by atoms with Crippen LogP contribution in [-0.4, -0.2) is 25.3 Å². The van der Waals surface area contributed by atoms with Crippen LogP contribution in [0.1, 0.15) is 0 Å². The molecule has 1 heterocycles. The lowest BCUT2D eigenvalue weighted by Gasteiger charge is -2.18. The molecule has 0 aromatic heterocycles. The fraction of sp³-hybridized carbons (Fsp3) is 0.200. The minimum absolute atomic E-state index is 0.330. The van der Waals surface area contributed by atoms with Crippen LogP contribution >= 0.6 is 0 Å². The van der Waals surface area contributed by atoms with Crippen LogP contribution in [-0.2, 0) is 9.53 Å². The van der Waals surface area contributed by atoms with Gasteiger partial charge in [-0.15, -0.1) is 0 Å². The largest absolute Gasteiger partial charge is 0.467 e. The minimum Gasteiger partial charge on any atom is -0.467 e. The van der Waals surface area contributed by atoms with Crippen LogP contribution < -0.4 is 5.32 Å². The van der Waals surface area contributed by atoms with E-state index in [-0.39, 0.29) is 5.97 Å². The van der Waals surface area contributed by atoms with E-state index >= 15 is 0 Å². The predicted octanol–water partition coefficient (Wildman–Crippen LogP) is 1.36. The van der Waals surface area contributed by atoms with Crippen molar-refractivity contribution in [2.45, 2.75) is 6.04 Å². The number of anilines is 1. The van der Waals surface area contributed by atoms with Gasteiger partial charge >= 0.3 is 5.97 Å². The van der Waals surface area contributed by atoms with Crippen molar-refractivity contribution in [1.29, 1.82) is 0 Å². The van der Waals surface area contributed by atoms with Crippen molar-refractivity contribution in [1.82, 2.24) is 0 Å². The molecule has 1 aliphatic rings. The van der Waals surface area contributed by atoms with E-state index in [2.05, 4.69) is 15.0 Å². The van der Waals surface area contributed by atoms with E-state index in [9.17, 15) is 4.79 Å². The lowest BCUT2D eigenvalue weighted by Crippen LogP contribution is -2.33. The molecule has 0 saturated heterocycles. The van der Waals surface area contributed by atoms with Crippen molar-refractivity contribution >= 4 is 23.6 Å². The topological polar surface area (TPSA) is 50.7 Å². The molecule has 1 atom stereocenters. The molecule has 0 spiro atoms. The number of hydrogen-bond donors (Lipinski definition) is 1. The van der Waals surface area contributed by atoms with Crippen LogP contribution in [0.4, 0.5) is 11.4 Å². The molecular weight excluding hydrogens is 180 g/mol. The summed E-state index contributed by atoms with van der Waals surface area (Å²) < 4.78 is 4.61. The van der Waals surface area contributed by atoms with Gasteiger partial charge in [0.15, 0.2) is 6.04 Å². The Labute approximate surface area is 81.6 Å². The van der Waals surface area contributed by atoms with Crippen LogP contribution in [0, 0.1) is 0 Å². The van der Waals surface area contributed by atoms with Gasteiger partial charge in [-0.3, -0.25) is 4.99 Å². The standard InChI is InChI=1S/C10H10N2O2/c1-14-10(13)9-6-11-7-4-2-3-5-8(7)12-9/h2-6,9,12H,1H3. The van der Waals surface area contributed by atoms with Crippen molar-refractivity contribution in [3.63, 3.8) is 0 Å². The molecule has 2 rings (SSSR count). The van der Waals surface area contributed by atoms with E-state index in [1.807, 2.05) is 24.3 Å². The minimum atomic E-state index is -0.477. The van der Waals surface area contributed by atoms with E-state index in [1.54, 1.807) is 6.21 Å². The van der Waals surface area contributed by atoms with Gasteiger partial charge in [0.2, 0.25) is 0 Å². The summed E-state index contributed by atoms with van der Waals surface area (Å²) in [5.41, 5.74) is 1.69. The van der Waals surface area contributed by atoms with Gasteiger partial charge in [0.05, 0.1) is 18.5 Å². The first-order valence-corrected chi connectivity index (χ1v) is 4.29. The van der Waals surface area contributed by atoms with Crippen molar-refractivity contribution in [2.24, 2.45) is 4.99 Å². The number of rotatable bonds is 1. The van der Waals surface area contributed by atoms with Crippen molar-refractivity contribution < 1.29 is 9.53 Å². The van der Waals surface area contributed by atoms with Gasteiger partial charge in [-0.25, -0.2) is 4.79 Å². The molecule has 0 aliphatic carbocycles. The van der Waals surface area contributed by atoms with Gasteiger partial charge in [-0.1, -0.05) is 12.1 Å². The summed E-state index contributed by atoms with van der Waals surface area (Å²) in [5.74, 6) is -0.330. The lowest BCUT2D eigenvalue weighted by atomic mass is 10.2. The number of ether oxygens (including phenoxy) is 1. The number of carbonyl (C=O) groups is 1. The van der Waals surface area contributed by atoms with E-state index in [4.69, 9.17) is 0 Å². The number of hydrogen-bond acceptors (Lipinski definition) is 4. The molecule has 0 amide bonds. The Morgan fingerprint density at radius 2 is 2.29 bits per heavy atom. The number of fused-ring (bicyclic) bond motifs is 1. The van der Waals surface area contributed by atoms with Crippen LogP contribution in [0.25, 0.3) is 0 Å². The Balaban J connectivity index is 2.25. The van der Waals surface area contributed by atoms with Crippen LogP contribution in [0.2, 0.25) is 0 Å². The zero-order chi connectivity index (χ0) is 9.97. The fourth-order valence-electron chi connectivity index (χ4n) is 1.31. The summed E-state index contributed by atoms with van der Waals surface area (Å²) in [6.07, 6.45) is 1.55. The molecule has 0 bridgehead atoms. The maximum Gasteiger partial charge on any atom is 0.333 e. The molecule has 0 radical (unpaired) electrons.